The monoisotopic (exact) mass is 315 g/mol. The molecule has 0 aromatic rings. The van der Waals surface area contributed by atoms with E-state index >= 15 is 0 Å². The molecule has 0 aromatic heterocycles. The van der Waals surface area contributed by atoms with Gasteiger partial charge in [-0.25, -0.2) is 0 Å². The number of rotatable bonds is 10. The molecule has 130 valence electrons. The Labute approximate surface area is 135 Å². The molecule has 1 rings (SSSR count). The Balaban J connectivity index is 2.15. The van der Waals surface area contributed by atoms with E-state index in [4.69, 9.17) is 14.2 Å². The third-order valence-corrected chi connectivity index (χ3v) is 3.75. The number of aliphatic imine (C=N–C) groups is 1. The van der Waals surface area contributed by atoms with Crippen LogP contribution in [-0.4, -0.2) is 77.2 Å². The van der Waals surface area contributed by atoms with Crippen molar-refractivity contribution in [2.24, 2.45) is 4.99 Å². The topological polar surface area (TPSA) is 55.3 Å². The standard InChI is InChI=1S/C16H33N3O3/c1-4-21-13-5-9-18-16(17-2)19-10-7-15(8-11-19)22-14-6-12-20-3/h15H,4-14H2,1-3H3,(H,17,18). The average molecular weight is 315 g/mol. The summed E-state index contributed by atoms with van der Waals surface area (Å²) in [5.41, 5.74) is 0. The largest absolute Gasteiger partial charge is 0.385 e. The van der Waals surface area contributed by atoms with Crippen LogP contribution >= 0.6 is 0 Å². The van der Waals surface area contributed by atoms with Gasteiger partial charge >= 0.3 is 0 Å². The molecular weight excluding hydrogens is 282 g/mol. The Kier molecular flexibility index (Phi) is 11.1. The highest BCUT2D eigenvalue weighted by Crippen LogP contribution is 2.14. The summed E-state index contributed by atoms with van der Waals surface area (Å²) >= 11 is 0. The van der Waals surface area contributed by atoms with E-state index in [9.17, 15) is 0 Å². The van der Waals surface area contributed by atoms with Crippen molar-refractivity contribution in [3.05, 3.63) is 0 Å². The van der Waals surface area contributed by atoms with Crippen LogP contribution in [0.5, 0.6) is 0 Å². The number of nitrogens with zero attached hydrogens (tertiary/aromatic N) is 2. The lowest BCUT2D eigenvalue weighted by Crippen LogP contribution is -2.47. The molecule has 1 aliphatic rings. The zero-order chi connectivity index (χ0) is 16.0. The Morgan fingerprint density at radius 1 is 1.18 bits per heavy atom. The highest BCUT2D eigenvalue weighted by atomic mass is 16.5. The summed E-state index contributed by atoms with van der Waals surface area (Å²) in [4.78, 5) is 6.69. The van der Waals surface area contributed by atoms with Gasteiger partial charge in [-0.2, -0.15) is 0 Å². The Morgan fingerprint density at radius 3 is 2.59 bits per heavy atom. The smallest absolute Gasteiger partial charge is 0.193 e. The minimum atomic E-state index is 0.379. The molecule has 0 unspecified atom stereocenters. The van der Waals surface area contributed by atoms with Crippen LogP contribution in [0.4, 0.5) is 0 Å². The van der Waals surface area contributed by atoms with Crippen molar-refractivity contribution < 1.29 is 14.2 Å². The van der Waals surface area contributed by atoms with Gasteiger partial charge in [-0.05, 0) is 32.6 Å². The van der Waals surface area contributed by atoms with Gasteiger partial charge in [0.05, 0.1) is 6.10 Å². The predicted octanol–water partition coefficient (Wildman–Crippen LogP) is 1.51. The summed E-state index contributed by atoms with van der Waals surface area (Å²) in [5, 5.41) is 3.41. The lowest BCUT2D eigenvalue weighted by molar-refractivity contribution is 0.00990. The molecule has 6 nitrogen and oxygen atoms in total. The molecule has 0 saturated carbocycles. The van der Waals surface area contributed by atoms with Gasteiger partial charge in [0.15, 0.2) is 5.96 Å². The quantitative estimate of drug-likeness (QED) is 0.376. The van der Waals surface area contributed by atoms with Crippen molar-refractivity contribution in [3.8, 4) is 0 Å². The average Bonchev–Trinajstić information content (AvgIpc) is 2.56. The first-order chi connectivity index (χ1) is 10.8. The van der Waals surface area contributed by atoms with E-state index in [1.165, 1.54) is 0 Å². The first-order valence-corrected chi connectivity index (χ1v) is 8.45. The third-order valence-electron chi connectivity index (χ3n) is 3.75. The van der Waals surface area contributed by atoms with E-state index in [-0.39, 0.29) is 0 Å². The maximum Gasteiger partial charge on any atom is 0.193 e. The van der Waals surface area contributed by atoms with Crippen LogP contribution in [-0.2, 0) is 14.2 Å². The maximum absolute atomic E-state index is 5.89. The number of methoxy groups -OCH3 is 1. The second-order valence-electron chi connectivity index (χ2n) is 5.43. The number of piperidine rings is 1. The second-order valence-corrected chi connectivity index (χ2v) is 5.43. The zero-order valence-corrected chi connectivity index (χ0v) is 14.5. The van der Waals surface area contributed by atoms with Gasteiger partial charge in [-0.3, -0.25) is 4.99 Å². The van der Waals surface area contributed by atoms with Crippen molar-refractivity contribution in [1.29, 1.82) is 0 Å². The van der Waals surface area contributed by atoms with Gasteiger partial charge in [0.1, 0.15) is 0 Å². The summed E-state index contributed by atoms with van der Waals surface area (Å²) in [6.07, 6.45) is 4.48. The summed E-state index contributed by atoms with van der Waals surface area (Å²) in [5.74, 6) is 0.995. The molecule has 0 aromatic carbocycles. The van der Waals surface area contributed by atoms with Crippen molar-refractivity contribution in [3.63, 3.8) is 0 Å². The van der Waals surface area contributed by atoms with E-state index in [2.05, 4.69) is 15.2 Å². The van der Waals surface area contributed by atoms with Gasteiger partial charge in [0.2, 0.25) is 0 Å². The molecule has 0 bridgehead atoms. The molecule has 0 aliphatic carbocycles. The summed E-state index contributed by atoms with van der Waals surface area (Å²) in [7, 11) is 3.57. The van der Waals surface area contributed by atoms with E-state index in [1.54, 1.807) is 7.11 Å². The third kappa shape index (κ3) is 7.96. The summed E-state index contributed by atoms with van der Waals surface area (Å²) in [6.45, 7) is 8.08. The van der Waals surface area contributed by atoms with Gasteiger partial charge in [-0.15, -0.1) is 0 Å². The Morgan fingerprint density at radius 2 is 1.95 bits per heavy atom. The minimum absolute atomic E-state index is 0.379. The normalized spacial score (nSPS) is 17.0. The maximum atomic E-state index is 5.89. The van der Waals surface area contributed by atoms with Gasteiger partial charge < -0.3 is 24.4 Å². The molecule has 1 heterocycles. The summed E-state index contributed by atoms with van der Waals surface area (Å²) in [6, 6.07) is 0. The van der Waals surface area contributed by atoms with Crippen molar-refractivity contribution in [2.75, 3.05) is 60.2 Å². The van der Waals surface area contributed by atoms with E-state index in [0.717, 1.165) is 77.7 Å². The van der Waals surface area contributed by atoms with Crippen LogP contribution < -0.4 is 5.32 Å². The van der Waals surface area contributed by atoms with Crippen LogP contribution in [0.2, 0.25) is 0 Å². The molecule has 0 spiro atoms. The van der Waals surface area contributed by atoms with Crippen LogP contribution in [0, 0.1) is 0 Å². The molecule has 0 radical (unpaired) electrons. The van der Waals surface area contributed by atoms with Crippen molar-refractivity contribution in [2.45, 2.75) is 38.7 Å². The number of hydrogen-bond acceptors (Lipinski definition) is 4. The zero-order valence-electron chi connectivity index (χ0n) is 14.5. The van der Waals surface area contributed by atoms with Crippen LogP contribution in [0.1, 0.15) is 32.6 Å². The fraction of sp³-hybridized carbons (Fsp3) is 0.938. The SMILES string of the molecule is CCOCCCNC(=NC)N1CCC(OCCCOC)CC1. The van der Waals surface area contributed by atoms with Crippen LogP contribution in [0.25, 0.3) is 0 Å². The first kappa shape index (κ1) is 19.2. The van der Waals surface area contributed by atoms with Gasteiger partial charge in [0, 0.05) is 60.2 Å². The molecule has 1 fully saturated rings. The number of likely N-dealkylation sites (tertiary alicyclic amines) is 1. The second kappa shape index (κ2) is 12.7. The molecule has 0 amide bonds. The van der Waals surface area contributed by atoms with Crippen molar-refractivity contribution in [1.82, 2.24) is 10.2 Å². The van der Waals surface area contributed by atoms with Crippen molar-refractivity contribution >= 4 is 5.96 Å². The van der Waals surface area contributed by atoms with Crippen LogP contribution in [0.15, 0.2) is 4.99 Å². The fourth-order valence-corrected chi connectivity index (χ4v) is 2.54. The fourth-order valence-electron chi connectivity index (χ4n) is 2.54. The molecule has 6 heteroatoms. The highest BCUT2D eigenvalue weighted by Gasteiger charge is 2.21. The molecule has 22 heavy (non-hydrogen) atoms. The van der Waals surface area contributed by atoms with Gasteiger partial charge in [0.25, 0.3) is 0 Å². The van der Waals surface area contributed by atoms with Gasteiger partial charge in [-0.1, -0.05) is 0 Å². The summed E-state index contributed by atoms with van der Waals surface area (Å²) < 4.78 is 16.3. The van der Waals surface area contributed by atoms with E-state index in [1.807, 2.05) is 14.0 Å². The highest BCUT2D eigenvalue weighted by molar-refractivity contribution is 5.79. The molecule has 1 saturated heterocycles. The number of nitrogens with one attached hydrogen (secondary N) is 1. The molecular formula is C16H33N3O3. The first-order valence-electron chi connectivity index (χ1n) is 8.45. The lowest BCUT2D eigenvalue weighted by Gasteiger charge is -2.34. The number of ether oxygens (including phenoxy) is 3. The van der Waals surface area contributed by atoms with E-state index in [0.29, 0.717) is 6.10 Å². The molecule has 1 aliphatic heterocycles. The lowest BCUT2D eigenvalue weighted by atomic mass is 10.1. The van der Waals surface area contributed by atoms with E-state index < -0.39 is 0 Å². The Hall–Kier alpha value is -0.850. The number of hydrogen-bond donors (Lipinski definition) is 1. The molecule has 1 N–H and O–H groups in total. The minimum Gasteiger partial charge on any atom is -0.385 e. The Bertz CT molecular complexity index is 292. The number of guanidine groups is 1. The van der Waals surface area contributed by atoms with Crippen LogP contribution in [0.3, 0.4) is 0 Å². The predicted molar refractivity (Wildman–Crippen MR) is 89.5 cm³/mol. The molecule has 0 atom stereocenters.